The molecule has 0 spiro atoms. The van der Waals surface area contributed by atoms with Crippen LogP contribution in [-0.4, -0.2) is 61.0 Å². The van der Waals surface area contributed by atoms with E-state index in [-0.39, 0.29) is 5.91 Å². The van der Waals surface area contributed by atoms with Crippen LogP contribution in [0.2, 0.25) is 0 Å². The molecule has 114 valence electrons. The fraction of sp³-hybridized carbons (Fsp3) is 0.500. The molecule has 1 rings (SSSR count). The Morgan fingerprint density at radius 2 is 2.10 bits per heavy atom. The molecule has 0 atom stereocenters. The van der Waals surface area contributed by atoms with E-state index < -0.39 is 0 Å². The van der Waals surface area contributed by atoms with Crippen LogP contribution in [0.25, 0.3) is 0 Å². The second-order valence-corrected chi connectivity index (χ2v) is 4.98. The molecule has 0 aliphatic heterocycles. The van der Waals surface area contributed by atoms with E-state index in [2.05, 4.69) is 21.7 Å². The standard InChI is InChI=1S/C16H24N4O/c1-4-20(12-6-11-19(2)3)16(21)15-9-8-14(13-18-15)7-5-10-17/h8-9,13H,4,6,10-12,17H2,1-3H3. The normalized spacial score (nSPS) is 10.1. The molecule has 1 heterocycles. The van der Waals surface area contributed by atoms with Gasteiger partial charge >= 0.3 is 0 Å². The lowest BCUT2D eigenvalue weighted by Gasteiger charge is -2.21. The number of hydrogen-bond donors (Lipinski definition) is 1. The third-order valence-electron chi connectivity index (χ3n) is 3.02. The Bertz CT molecular complexity index is 499. The molecule has 0 unspecified atom stereocenters. The first kappa shape index (κ1) is 17.2. The Labute approximate surface area is 127 Å². The second kappa shape index (κ2) is 9.11. The minimum absolute atomic E-state index is 0.0328. The summed E-state index contributed by atoms with van der Waals surface area (Å²) in [4.78, 5) is 20.5. The first-order valence-corrected chi connectivity index (χ1v) is 7.17. The van der Waals surface area contributed by atoms with Crippen LogP contribution < -0.4 is 5.73 Å². The molecule has 0 aliphatic rings. The van der Waals surface area contributed by atoms with Crippen molar-refractivity contribution in [2.75, 3.05) is 40.3 Å². The number of amides is 1. The minimum atomic E-state index is -0.0328. The van der Waals surface area contributed by atoms with Gasteiger partial charge in [-0.3, -0.25) is 4.79 Å². The summed E-state index contributed by atoms with van der Waals surface area (Å²) in [5.74, 6) is 5.62. The topological polar surface area (TPSA) is 62.5 Å². The van der Waals surface area contributed by atoms with Crippen molar-refractivity contribution in [3.05, 3.63) is 29.6 Å². The van der Waals surface area contributed by atoms with E-state index in [9.17, 15) is 4.79 Å². The zero-order valence-corrected chi connectivity index (χ0v) is 13.1. The largest absolute Gasteiger partial charge is 0.338 e. The highest BCUT2D eigenvalue weighted by molar-refractivity contribution is 5.92. The monoisotopic (exact) mass is 288 g/mol. The maximum Gasteiger partial charge on any atom is 0.272 e. The van der Waals surface area contributed by atoms with E-state index in [4.69, 9.17) is 5.73 Å². The van der Waals surface area contributed by atoms with Crippen LogP contribution in [0.15, 0.2) is 18.3 Å². The maximum atomic E-state index is 12.4. The van der Waals surface area contributed by atoms with Gasteiger partial charge in [-0.25, -0.2) is 4.98 Å². The number of hydrogen-bond acceptors (Lipinski definition) is 4. The highest BCUT2D eigenvalue weighted by atomic mass is 16.2. The number of pyridine rings is 1. The molecular weight excluding hydrogens is 264 g/mol. The average molecular weight is 288 g/mol. The smallest absolute Gasteiger partial charge is 0.272 e. The second-order valence-electron chi connectivity index (χ2n) is 4.98. The molecule has 0 fully saturated rings. The Morgan fingerprint density at radius 1 is 1.33 bits per heavy atom. The van der Waals surface area contributed by atoms with Crippen LogP contribution in [0.5, 0.6) is 0 Å². The summed E-state index contributed by atoms with van der Waals surface area (Å²) in [6.45, 7) is 4.68. The lowest BCUT2D eigenvalue weighted by atomic mass is 10.2. The van der Waals surface area contributed by atoms with Gasteiger partial charge in [0.15, 0.2) is 0 Å². The molecule has 1 aromatic heterocycles. The van der Waals surface area contributed by atoms with E-state index in [0.717, 1.165) is 25.1 Å². The van der Waals surface area contributed by atoms with E-state index >= 15 is 0 Å². The molecule has 0 radical (unpaired) electrons. The first-order chi connectivity index (χ1) is 10.1. The fourth-order valence-corrected chi connectivity index (χ4v) is 1.89. The van der Waals surface area contributed by atoms with Crippen LogP contribution in [-0.2, 0) is 0 Å². The average Bonchev–Trinajstić information content (AvgIpc) is 2.49. The summed E-state index contributed by atoms with van der Waals surface area (Å²) in [7, 11) is 4.06. The Hall–Kier alpha value is -1.90. The highest BCUT2D eigenvalue weighted by Gasteiger charge is 2.14. The number of rotatable bonds is 6. The third-order valence-corrected chi connectivity index (χ3v) is 3.02. The summed E-state index contributed by atoms with van der Waals surface area (Å²) in [5, 5.41) is 0. The van der Waals surface area contributed by atoms with E-state index in [0.29, 0.717) is 18.8 Å². The Kier molecular flexibility index (Phi) is 7.44. The molecule has 0 bridgehead atoms. The highest BCUT2D eigenvalue weighted by Crippen LogP contribution is 2.05. The maximum absolute atomic E-state index is 12.4. The van der Waals surface area contributed by atoms with Gasteiger partial charge in [0.05, 0.1) is 6.54 Å². The molecule has 5 heteroatoms. The number of carbonyl (C=O) groups excluding carboxylic acids is 1. The zero-order valence-electron chi connectivity index (χ0n) is 13.1. The number of aromatic nitrogens is 1. The molecule has 1 amide bonds. The SMILES string of the molecule is CCN(CCCN(C)C)C(=O)c1ccc(C#CCN)cn1. The first-order valence-electron chi connectivity index (χ1n) is 7.17. The number of carbonyl (C=O) groups is 1. The Morgan fingerprint density at radius 3 is 2.62 bits per heavy atom. The molecule has 0 aromatic carbocycles. The molecule has 0 saturated carbocycles. The van der Waals surface area contributed by atoms with Crippen molar-refractivity contribution in [2.45, 2.75) is 13.3 Å². The van der Waals surface area contributed by atoms with Crippen LogP contribution in [0.1, 0.15) is 29.4 Å². The minimum Gasteiger partial charge on any atom is -0.338 e. The summed E-state index contributed by atoms with van der Waals surface area (Å²) in [6, 6.07) is 3.52. The van der Waals surface area contributed by atoms with Crippen LogP contribution in [0, 0.1) is 11.8 Å². The van der Waals surface area contributed by atoms with Crippen LogP contribution in [0.4, 0.5) is 0 Å². The van der Waals surface area contributed by atoms with Crippen molar-refractivity contribution in [1.82, 2.24) is 14.8 Å². The molecule has 0 aliphatic carbocycles. The molecule has 1 aromatic rings. The predicted molar refractivity (Wildman–Crippen MR) is 84.9 cm³/mol. The van der Waals surface area contributed by atoms with E-state index in [1.165, 1.54) is 0 Å². The van der Waals surface area contributed by atoms with Gasteiger partial charge in [-0.2, -0.15) is 0 Å². The number of nitrogens with zero attached hydrogens (tertiary/aromatic N) is 3. The van der Waals surface area contributed by atoms with Gasteiger partial charge in [0.25, 0.3) is 5.91 Å². The summed E-state index contributed by atoms with van der Waals surface area (Å²) >= 11 is 0. The predicted octanol–water partition coefficient (Wildman–Crippen LogP) is 0.806. The molecule has 0 saturated heterocycles. The summed E-state index contributed by atoms with van der Waals surface area (Å²) in [5.41, 5.74) is 6.55. The molecule has 5 nitrogen and oxygen atoms in total. The van der Waals surface area contributed by atoms with Gasteiger partial charge < -0.3 is 15.5 Å². The molecule has 21 heavy (non-hydrogen) atoms. The van der Waals surface area contributed by atoms with Gasteiger partial charge in [-0.15, -0.1) is 0 Å². The van der Waals surface area contributed by atoms with E-state index in [1.54, 1.807) is 18.3 Å². The van der Waals surface area contributed by atoms with Gasteiger partial charge in [0.2, 0.25) is 0 Å². The van der Waals surface area contributed by atoms with Crippen molar-refractivity contribution in [2.24, 2.45) is 5.73 Å². The van der Waals surface area contributed by atoms with Gasteiger partial charge in [-0.05, 0) is 46.1 Å². The van der Waals surface area contributed by atoms with Crippen LogP contribution >= 0.6 is 0 Å². The molecule has 2 N–H and O–H groups in total. The van der Waals surface area contributed by atoms with Crippen molar-refractivity contribution < 1.29 is 4.79 Å². The van der Waals surface area contributed by atoms with Gasteiger partial charge in [0, 0.05) is 24.8 Å². The van der Waals surface area contributed by atoms with Crippen molar-refractivity contribution >= 4 is 5.91 Å². The van der Waals surface area contributed by atoms with Gasteiger partial charge in [-0.1, -0.05) is 11.8 Å². The quantitative estimate of drug-likeness (QED) is 0.787. The third kappa shape index (κ3) is 5.94. The summed E-state index contributed by atoms with van der Waals surface area (Å²) in [6.07, 6.45) is 2.57. The van der Waals surface area contributed by atoms with Crippen molar-refractivity contribution in [3.8, 4) is 11.8 Å². The number of nitrogens with two attached hydrogens (primary N) is 1. The lowest BCUT2D eigenvalue weighted by Crippen LogP contribution is -2.33. The van der Waals surface area contributed by atoms with Crippen molar-refractivity contribution in [3.63, 3.8) is 0 Å². The lowest BCUT2D eigenvalue weighted by molar-refractivity contribution is 0.0753. The molecular formula is C16H24N4O. The van der Waals surface area contributed by atoms with Crippen LogP contribution in [0.3, 0.4) is 0 Å². The van der Waals surface area contributed by atoms with Crippen molar-refractivity contribution in [1.29, 1.82) is 0 Å². The summed E-state index contributed by atoms with van der Waals surface area (Å²) < 4.78 is 0. The Balaban J connectivity index is 2.67. The van der Waals surface area contributed by atoms with Gasteiger partial charge in [0.1, 0.15) is 5.69 Å². The van der Waals surface area contributed by atoms with E-state index in [1.807, 2.05) is 25.9 Å². The fourth-order valence-electron chi connectivity index (χ4n) is 1.89. The zero-order chi connectivity index (χ0) is 15.7.